The summed E-state index contributed by atoms with van der Waals surface area (Å²) < 4.78 is 8.69. The van der Waals surface area contributed by atoms with E-state index in [2.05, 4.69) is 36.5 Å². The molecule has 26 heavy (non-hydrogen) atoms. The summed E-state index contributed by atoms with van der Waals surface area (Å²) in [5, 5.41) is 1.06. The van der Waals surface area contributed by atoms with Gasteiger partial charge in [0.05, 0.1) is 29.6 Å². The molecule has 136 valence electrons. The van der Waals surface area contributed by atoms with Crippen molar-refractivity contribution in [3.8, 4) is 0 Å². The molecule has 3 heterocycles. The highest BCUT2D eigenvalue weighted by Crippen LogP contribution is 2.31. The molecule has 0 saturated carbocycles. The number of pyridine rings is 1. The summed E-state index contributed by atoms with van der Waals surface area (Å²) in [6.45, 7) is 6.97. The van der Waals surface area contributed by atoms with E-state index in [0.717, 1.165) is 32.8 Å². The molecular weight excluding hydrogens is 396 g/mol. The van der Waals surface area contributed by atoms with E-state index in [4.69, 9.17) is 4.74 Å². The zero-order valence-electron chi connectivity index (χ0n) is 15.1. The van der Waals surface area contributed by atoms with Crippen LogP contribution in [0.25, 0.3) is 21.9 Å². The number of hydrogen-bond acceptors (Lipinski definition) is 4. The van der Waals surface area contributed by atoms with Gasteiger partial charge in [0.15, 0.2) is 0 Å². The van der Waals surface area contributed by atoms with E-state index in [1.54, 1.807) is 4.90 Å². The maximum absolute atomic E-state index is 12.4. The minimum Gasteiger partial charge on any atom is -0.444 e. The number of carbonyl (C=O) groups excluding carboxylic acids is 1. The van der Waals surface area contributed by atoms with Crippen molar-refractivity contribution in [1.29, 1.82) is 0 Å². The lowest BCUT2D eigenvalue weighted by Gasteiger charge is -2.24. The van der Waals surface area contributed by atoms with Crippen molar-refractivity contribution in [2.45, 2.75) is 38.8 Å². The van der Waals surface area contributed by atoms with E-state index < -0.39 is 5.60 Å². The van der Waals surface area contributed by atoms with Crippen LogP contribution in [0, 0.1) is 0 Å². The maximum Gasteiger partial charge on any atom is 0.410 e. The highest BCUT2D eigenvalue weighted by molar-refractivity contribution is 9.10. The minimum atomic E-state index is -0.481. The van der Waals surface area contributed by atoms with E-state index in [0.29, 0.717) is 13.1 Å². The van der Waals surface area contributed by atoms with Crippen LogP contribution in [0.2, 0.25) is 0 Å². The van der Waals surface area contributed by atoms with Crippen molar-refractivity contribution in [2.75, 3.05) is 13.1 Å². The molecular formula is C19H21BrN4O2. The van der Waals surface area contributed by atoms with Crippen molar-refractivity contribution in [1.82, 2.24) is 19.4 Å². The van der Waals surface area contributed by atoms with E-state index in [-0.39, 0.29) is 12.1 Å². The Hall–Kier alpha value is -2.15. The fourth-order valence-electron chi connectivity index (χ4n) is 3.43. The summed E-state index contributed by atoms with van der Waals surface area (Å²) in [6, 6.07) is 6.24. The summed E-state index contributed by atoms with van der Waals surface area (Å²) in [5.41, 5.74) is 2.38. The van der Waals surface area contributed by atoms with Gasteiger partial charge in [0.2, 0.25) is 0 Å². The highest BCUT2D eigenvalue weighted by atomic mass is 79.9. The van der Waals surface area contributed by atoms with E-state index >= 15 is 0 Å². The number of aromatic nitrogens is 3. The lowest BCUT2D eigenvalue weighted by Crippen LogP contribution is -2.35. The van der Waals surface area contributed by atoms with E-state index in [9.17, 15) is 4.79 Å². The second-order valence-electron chi connectivity index (χ2n) is 7.67. The lowest BCUT2D eigenvalue weighted by molar-refractivity contribution is 0.0289. The number of carbonyl (C=O) groups is 1. The minimum absolute atomic E-state index is 0.178. The second kappa shape index (κ2) is 6.23. The first-order valence-electron chi connectivity index (χ1n) is 8.70. The average Bonchev–Trinajstić information content (AvgIpc) is 3.19. The van der Waals surface area contributed by atoms with Crippen LogP contribution in [0.15, 0.2) is 35.2 Å². The zero-order valence-corrected chi connectivity index (χ0v) is 16.7. The first kappa shape index (κ1) is 17.3. The molecule has 6 nitrogen and oxygen atoms in total. The Morgan fingerprint density at radius 3 is 2.85 bits per heavy atom. The summed E-state index contributed by atoms with van der Waals surface area (Å²) in [5.74, 6) is 0. The fourth-order valence-corrected chi connectivity index (χ4v) is 3.79. The molecule has 0 spiro atoms. The van der Waals surface area contributed by atoms with Gasteiger partial charge in [-0.2, -0.15) is 0 Å². The Bertz CT molecular complexity index is 992. The van der Waals surface area contributed by atoms with Gasteiger partial charge < -0.3 is 14.2 Å². The molecule has 0 aliphatic carbocycles. The van der Waals surface area contributed by atoms with Crippen molar-refractivity contribution >= 4 is 44.0 Å². The van der Waals surface area contributed by atoms with Gasteiger partial charge in [-0.25, -0.2) is 9.78 Å². The molecule has 3 aromatic rings. The van der Waals surface area contributed by atoms with Crippen LogP contribution in [0.1, 0.15) is 33.2 Å². The number of amides is 1. The monoisotopic (exact) mass is 416 g/mol. The molecule has 0 bridgehead atoms. The number of benzene rings is 1. The van der Waals surface area contributed by atoms with Gasteiger partial charge in [-0.3, -0.25) is 4.98 Å². The number of hydrogen-bond donors (Lipinski definition) is 0. The van der Waals surface area contributed by atoms with Crippen molar-refractivity contribution < 1.29 is 9.53 Å². The summed E-state index contributed by atoms with van der Waals surface area (Å²) in [4.78, 5) is 23.2. The Kier molecular flexibility index (Phi) is 4.14. The van der Waals surface area contributed by atoms with E-state index in [1.165, 1.54) is 0 Å². The number of nitrogens with zero attached hydrogens (tertiary/aromatic N) is 4. The van der Waals surface area contributed by atoms with Crippen LogP contribution in [-0.4, -0.2) is 44.2 Å². The number of fused-ring (bicyclic) bond motifs is 3. The largest absolute Gasteiger partial charge is 0.444 e. The molecule has 1 aliphatic heterocycles. The highest BCUT2D eigenvalue weighted by Gasteiger charge is 2.31. The summed E-state index contributed by atoms with van der Waals surface area (Å²) in [6.07, 6.45) is 4.29. The first-order valence-corrected chi connectivity index (χ1v) is 9.50. The molecule has 1 aliphatic rings. The Labute approximate surface area is 160 Å². The Morgan fingerprint density at radius 1 is 1.27 bits per heavy atom. The zero-order chi connectivity index (χ0) is 18.5. The smallest absolute Gasteiger partial charge is 0.410 e. The normalized spacial score (nSPS) is 18.0. The van der Waals surface area contributed by atoms with Crippen LogP contribution in [0.3, 0.4) is 0 Å². The van der Waals surface area contributed by atoms with Gasteiger partial charge >= 0.3 is 6.09 Å². The van der Waals surface area contributed by atoms with Gasteiger partial charge in [-0.1, -0.05) is 15.9 Å². The number of imidazole rings is 1. The van der Waals surface area contributed by atoms with Gasteiger partial charge in [0.1, 0.15) is 11.1 Å². The molecule has 0 N–H and O–H groups in total. The fraction of sp³-hybridized carbons (Fsp3) is 0.421. The molecule has 0 unspecified atom stereocenters. The average molecular weight is 417 g/mol. The van der Waals surface area contributed by atoms with Gasteiger partial charge in [-0.05, 0) is 45.4 Å². The maximum atomic E-state index is 12.4. The molecule has 1 aromatic carbocycles. The Balaban J connectivity index is 1.68. The van der Waals surface area contributed by atoms with Gasteiger partial charge in [-0.15, -0.1) is 0 Å². The molecule has 1 saturated heterocycles. The van der Waals surface area contributed by atoms with Crippen molar-refractivity contribution in [3.05, 3.63) is 35.2 Å². The van der Waals surface area contributed by atoms with Gasteiger partial charge in [0.25, 0.3) is 0 Å². The van der Waals surface area contributed by atoms with E-state index in [1.807, 2.05) is 45.4 Å². The molecule has 1 fully saturated rings. The van der Waals surface area contributed by atoms with Crippen LogP contribution < -0.4 is 0 Å². The standard InChI is InChI=1S/C19H21BrN4O2/c1-19(2,3)26-18(25)23-7-6-13(10-23)24-11-22-16-9-21-15-5-4-12(20)8-14(15)17(16)24/h4-5,8-9,11,13H,6-7,10H2,1-3H3/t13-/m0/s1. The third-order valence-corrected chi connectivity index (χ3v) is 5.06. The molecule has 2 aromatic heterocycles. The topological polar surface area (TPSA) is 60.2 Å². The number of ether oxygens (including phenoxy) is 1. The Morgan fingerprint density at radius 2 is 2.08 bits per heavy atom. The molecule has 4 rings (SSSR count). The number of halogens is 1. The van der Waals surface area contributed by atoms with Crippen LogP contribution >= 0.6 is 15.9 Å². The number of rotatable bonds is 1. The SMILES string of the molecule is CC(C)(C)OC(=O)N1CC[C@H](n2cnc3cnc4ccc(Br)cc4c32)C1. The third kappa shape index (κ3) is 3.16. The quantitative estimate of drug-likeness (QED) is 0.584. The third-order valence-electron chi connectivity index (χ3n) is 4.57. The molecule has 1 amide bonds. The summed E-state index contributed by atoms with van der Waals surface area (Å²) >= 11 is 3.54. The van der Waals surface area contributed by atoms with Crippen LogP contribution in [0.5, 0.6) is 0 Å². The van der Waals surface area contributed by atoms with Crippen molar-refractivity contribution in [3.63, 3.8) is 0 Å². The predicted molar refractivity (Wildman–Crippen MR) is 104 cm³/mol. The van der Waals surface area contributed by atoms with Crippen LogP contribution in [-0.2, 0) is 4.74 Å². The molecule has 1 atom stereocenters. The summed E-state index contributed by atoms with van der Waals surface area (Å²) in [7, 11) is 0. The van der Waals surface area contributed by atoms with Crippen LogP contribution in [0.4, 0.5) is 4.79 Å². The first-order chi connectivity index (χ1) is 12.3. The van der Waals surface area contributed by atoms with Gasteiger partial charge in [0, 0.05) is 22.9 Å². The lowest BCUT2D eigenvalue weighted by atomic mass is 10.1. The number of likely N-dealkylation sites (tertiary alicyclic amines) is 1. The molecule has 0 radical (unpaired) electrons. The predicted octanol–water partition coefficient (Wildman–Crippen LogP) is 4.53. The molecule has 7 heteroatoms. The second-order valence-corrected chi connectivity index (χ2v) is 8.59. The van der Waals surface area contributed by atoms with Crippen molar-refractivity contribution in [2.24, 2.45) is 0 Å².